The van der Waals surface area contributed by atoms with E-state index in [0.29, 0.717) is 49.1 Å². The molecule has 0 fully saturated rings. The minimum absolute atomic E-state index is 0.161. The van der Waals surface area contributed by atoms with Crippen molar-refractivity contribution in [1.29, 1.82) is 0 Å². The van der Waals surface area contributed by atoms with Crippen molar-refractivity contribution in [2.75, 3.05) is 11.1 Å². The van der Waals surface area contributed by atoms with Gasteiger partial charge in [-0.15, -0.1) is 11.3 Å². The van der Waals surface area contributed by atoms with E-state index in [0.717, 1.165) is 27.6 Å². The van der Waals surface area contributed by atoms with Crippen molar-refractivity contribution in [2.45, 2.75) is 33.6 Å². The summed E-state index contributed by atoms with van der Waals surface area (Å²) in [5.41, 5.74) is 13.1. The Labute approximate surface area is 249 Å². The Bertz CT molecular complexity index is 2010. The van der Waals surface area contributed by atoms with Crippen LogP contribution in [0.3, 0.4) is 0 Å². The summed E-state index contributed by atoms with van der Waals surface area (Å²) in [6, 6.07) is 29.5. The normalized spacial score (nSPS) is 11.4. The number of hydrogen-bond acceptors (Lipinski definition) is 5. The van der Waals surface area contributed by atoms with Crippen LogP contribution in [-0.4, -0.2) is 16.7 Å². The van der Waals surface area contributed by atoms with E-state index < -0.39 is 0 Å². The largest absolute Gasteiger partial charge is 0.397 e. The van der Waals surface area contributed by atoms with Gasteiger partial charge >= 0.3 is 0 Å². The average molecular weight is 570 g/mol. The molecule has 2 heterocycles. The molecule has 4 aromatic carbocycles. The molecule has 0 bridgehead atoms. The minimum atomic E-state index is -0.271. The highest BCUT2D eigenvalue weighted by Gasteiger charge is 2.27. The van der Waals surface area contributed by atoms with Gasteiger partial charge in [-0.25, -0.2) is 4.98 Å². The van der Waals surface area contributed by atoms with Gasteiger partial charge in [-0.3, -0.25) is 9.59 Å². The number of para-hydroxylation sites is 1. The molecular formula is C36H31N3O2S. The second-order valence-corrected chi connectivity index (χ2v) is 11.9. The average Bonchev–Trinajstić information content (AvgIpc) is 3.32. The van der Waals surface area contributed by atoms with Crippen LogP contribution in [0.5, 0.6) is 0 Å². The summed E-state index contributed by atoms with van der Waals surface area (Å²) in [6.45, 7) is 8.08. The van der Waals surface area contributed by atoms with Gasteiger partial charge in [0.2, 0.25) is 5.78 Å². The number of thiophene rings is 1. The zero-order valence-corrected chi connectivity index (χ0v) is 24.8. The topological polar surface area (TPSA) is 85.1 Å². The Hall–Kier alpha value is -4.81. The molecule has 6 heteroatoms. The maximum absolute atomic E-state index is 13.9. The molecule has 0 aliphatic carbocycles. The first-order valence-electron chi connectivity index (χ1n) is 14.0. The van der Waals surface area contributed by atoms with Crippen LogP contribution in [0.25, 0.3) is 32.1 Å². The SMILES string of the molecule is Cc1ccccc1NC(=O)c1c(C)nc2sc(C(=O)c3ccc4ccccc4c3)c(N)c2c1-c1ccc(C(C)C)cc1. The minimum Gasteiger partial charge on any atom is -0.397 e. The summed E-state index contributed by atoms with van der Waals surface area (Å²) in [7, 11) is 0. The van der Waals surface area contributed by atoms with E-state index >= 15 is 0 Å². The summed E-state index contributed by atoms with van der Waals surface area (Å²) >= 11 is 1.27. The molecule has 0 saturated heterocycles. The smallest absolute Gasteiger partial charge is 0.258 e. The van der Waals surface area contributed by atoms with E-state index in [9.17, 15) is 9.59 Å². The predicted octanol–water partition coefficient (Wildman–Crippen LogP) is 8.92. The van der Waals surface area contributed by atoms with Crippen LogP contribution in [0.1, 0.15) is 62.2 Å². The number of anilines is 2. The summed E-state index contributed by atoms with van der Waals surface area (Å²) in [6.07, 6.45) is 0. The lowest BCUT2D eigenvalue weighted by Crippen LogP contribution is -2.16. The summed E-state index contributed by atoms with van der Waals surface area (Å²) < 4.78 is 0. The highest BCUT2D eigenvalue weighted by molar-refractivity contribution is 7.21. The van der Waals surface area contributed by atoms with Crippen molar-refractivity contribution in [3.63, 3.8) is 0 Å². The Morgan fingerprint density at radius 1 is 0.857 bits per heavy atom. The molecule has 208 valence electrons. The lowest BCUT2D eigenvalue weighted by molar-refractivity contribution is 0.102. The van der Waals surface area contributed by atoms with E-state index in [-0.39, 0.29) is 11.7 Å². The molecule has 0 aliphatic rings. The van der Waals surface area contributed by atoms with Crippen LogP contribution in [-0.2, 0) is 0 Å². The Morgan fingerprint density at radius 2 is 1.55 bits per heavy atom. The quantitative estimate of drug-likeness (QED) is 0.196. The van der Waals surface area contributed by atoms with Gasteiger partial charge in [0.05, 0.1) is 16.9 Å². The number of benzene rings is 4. The fourth-order valence-electron chi connectivity index (χ4n) is 5.40. The number of aromatic nitrogens is 1. The third-order valence-electron chi connectivity index (χ3n) is 7.76. The molecular weight excluding hydrogens is 538 g/mol. The fourth-order valence-corrected chi connectivity index (χ4v) is 6.51. The number of carbonyl (C=O) groups is 2. The van der Waals surface area contributed by atoms with Crippen LogP contribution in [0, 0.1) is 13.8 Å². The molecule has 5 nitrogen and oxygen atoms in total. The van der Waals surface area contributed by atoms with Crippen molar-refractivity contribution < 1.29 is 9.59 Å². The number of carbonyl (C=O) groups excluding carboxylic acids is 2. The first kappa shape index (κ1) is 27.4. The lowest BCUT2D eigenvalue weighted by atomic mass is 9.92. The number of fused-ring (bicyclic) bond motifs is 2. The monoisotopic (exact) mass is 569 g/mol. The second kappa shape index (κ2) is 10.9. The maximum Gasteiger partial charge on any atom is 0.258 e. The molecule has 6 rings (SSSR count). The van der Waals surface area contributed by atoms with Crippen LogP contribution < -0.4 is 11.1 Å². The number of nitrogen functional groups attached to an aromatic ring is 1. The molecule has 0 unspecified atom stereocenters. The number of ketones is 1. The highest BCUT2D eigenvalue weighted by atomic mass is 32.1. The van der Waals surface area contributed by atoms with Crippen molar-refractivity contribution in [3.8, 4) is 11.1 Å². The van der Waals surface area contributed by atoms with E-state index in [1.165, 1.54) is 16.9 Å². The van der Waals surface area contributed by atoms with Crippen molar-refractivity contribution in [3.05, 3.63) is 124 Å². The third kappa shape index (κ3) is 4.84. The number of aryl methyl sites for hydroxylation is 2. The number of rotatable bonds is 6. The van der Waals surface area contributed by atoms with Crippen molar-refractivity contribution in [1.82, 2.24) is 4.98 Å². The maximum atomic E-state index is 13.9. The van der Waals surface area contributed by atoms with Crippen LogP contribution in [0.15, 0.2) is 91.0 Å². The van der Waals surface area contributed by atoms with Gasteiger partial charge in [0.1, 0.15) is 9.71 Å². The Morgan fingerprint density at radius 3 is 2.26 bits per heavy atom. The van der Waals surface area contributed by atoms with E-state index in [1.807, 2.05) is 92.7 Å². The molecule has 0 saturated carbocycles. The molecule has 0 atom stereocenters. The van der Waals surface area contributed by atoms with Gasteiger partial charge in [-0.2, -0.15) is 0 Å². The van der Waals surface area contributed by atoms with Crippen LogP contribution >= 0.6 is 11.3 Å². The highest BCUT2D eigenvalue weighted by Crippen LogP contribution is 2.43. The lowest BCUT2D eigenvalue weighted by Gasteiger charge is -2.16. The zero-order valence-electron chi connectivity index (χ0n) is 24.0. The van der Waals surface area contributed by atoms with Gasteiger partial charge < -0.3 is 11.1 Å². The summed E-state index contributed by atoms with van der Waals surface area (Å²) in [5, 5.41) is 5.75. The molecule has 0 aliphatic heterocycles. The summed E-state index contributed by atoms with van der Waals surface area (Å²) in [4.78, 5) is 33.7. The predicted molar refractivity (Wildman–Crippen MR) is 175 cm³/mol. The number of nitrogens with one attached hydrogen (secondary N) is 1. The zero-order chi connectivity index (χ0) is 29.5. The van der Waals surface area contributed by atoms with Crippen LogP contribution in [0.4, 0.5) is 11.4 Å². The van der Waals surface area contributed by atoms with Gasteiger partial charge in [0, 0.05) is 22.2 Å². The van der Waals surface area contributed by atoms with Crippen molar-refractivity contribution >= 4 is 55.4 Å². The molecule has 3 N–H and O–H groups in total. The number of hydrogen-bond donors (Lipinski definition) is 2. The molecule has 0 radical (unpaired) electrons. The Kier molecular flexibility index (Phi) is 7.09. The molecule has 2 aromatic heterocycles. The number of pyridine rings is 1. The van der Waals surface area contributed by atoms with Crippen molar-refractivity contribution in [2.24, 2.45) is 0 Å². The van der Waals surface area contributed by atoms with Gasteiger partial charge in [0.25, 0.3) is 5.91 Å². The van der Waals surface area contributed by atoms with E-state index in [1.54, 1.807) is 0 Å². The van der Waals surface area contributed by atoms with E-state index in [2.05, 4.69) is 31.3 Å². The van der Waals surface area contributed by atoms with Gasteiger partial charge in [-0.05, 0) is 59.4 Å². The molecule has 42 heavy (non-hydrogen) atoms. The number of amides is 1. The Balaban J connectivity index is 1.55. The first-order valence-corrected chi connectivity index (χ1v) is 14.8. The van der Waals surface area contributed by atoms with Crippen LogP contribution in [0.2, 0.25) is 0 Å². The molecule has 0 spiro atoms. The standard InChI is InChI=1S/C36H31N3O2S/c1-20(2)23-13-16-25(17-14-23)30-29(35(41)39-28-12-8-5-9-21(28)3)22(4)38-36-31(30)32(37)34(42-36)33(40)27-18-15-24-10-6-7-11-26(24)19-27/h5-20H,37H2,1-4H3,(H,39,41). The fraction of sp³-hybridized carbons (Fsp3) is 0.139. The molecule has 6 aromatic rings. The number of nitrogens with two attached hydrogens (primary N) is 1. The van der Waals surface area contributed by atoms with E-state index in [4.69, 9.17) is 10.7 Å². The molecule has 1 amide bonds. The second-order valence-electron chi connectivity index (χ2n) is 10.9. The summed E-state index contributed by atoms with van der Waals surface area (Å²) in [5.74, 6) is -0.0717. The first-order chi connectivity index (χ1) is 20.2. The number of nitrogens with zero attached hydrogens (tertiary/aromatic N) is 1. The van der Waals surface area contributed by atoms with Gasteiger partial charge in [-0.1, -0.05) is 92.7 Å². The third-order valence-corrected chi connectivity index (χ3v) is 8.86. The van der Waals surface area contributed by atoms with Gasteiger partial charge in [0.15, 0.2) is 0 Å².